The Kier molecular flexibility index (Phi) is 2.95. The first-order valence-electron chi connectivity index (χ1n) is 6.07. The van der Waals surface area contributed by atoms with E-state index in [4.69, 9.17) is 11.6 Å². The molecule has 2 aromatic rings. The van der Waals surface area contributed by atoms with Crippen molar-refractivity contribution in [2.75, 3.05) is 6.54 Å². The zero-order chi connectivity index (χ0) is 13.4. The molecule has 1 aliphatic heterocycles. The number of fused-ring (bicyclic) bond motifs is 1. The minimum Gasteiger partial charge on any atom is -0.278 e. The van der Waals surface area contributed by atoms with Crippen LogP contribution in [0.1, 0.15) is 23.2 Å². The van der Waals surface area contributed by atoms with Gasteiger partial charge in [-0.2, -0.15) is 0 Å². The number of hydrogen-bond acceptors (Lipinski definition) is 3. The summed E-state index contributed by atoms with van der Waals surface area (Å²) in [5, 5.41) is 0.977. The van der Waals surface area contributed by atoms with Crippen molar-refractivity contribution < 1.29 is 9.59 Å². The molecule has 3 rings (SSSR count). The van der Waals surface area contributed by atoms with E-state index in [0.29, 0.717) is 24.0 Å². The van der Waals surface area contributed by atoms with E-state index in [-0.39, 0.29) is 17.0 Å². The second-order valence-electron chi connectivity index (χ2n) is 4.46. The number of imide groups is 1. The van der Waals surface area contributed by atoms with Crippen molar-refractivity contribution in [3.8, 4) is 0 Å². The summed E-state index contributed by atoms with van der Waals surface area (Å²) in [6, 6.07) is 8.80. The average molecular weight is 275 g/mol. The highest BCUT2D eigenvalue weighted by Gasteiger charge is 2.28. The van der Waals surface area contributed by atoms with E-state index in [1.54, 1.807) is 6.07 Å². The third-order valence-corrected chi connectivity index (χ3v) is 3.43. The SMILES string of the molecule is O=C1CCCN1C(=O)c1cc(Cl)nc2ccccc12. The van der Waals surface area contributed by atoms with E-state index >= 15 is 0 Å². The topological polar surface area (TPSA) is 50.3 Å². The molecule has 96 valence electrons. The molecule has 0 atom stereocenters. The van der Waals surface area contributed by atoms with Gasteiger partial charge >= 0.3 is 0 Å². The maximum absolute atomic E-state index is 12.4. The van der Waals surface area contributed by atoms with Gasteiger partial charge in [0.05, 0.1) is 11.1 Å². The first-order valence-corrected chi connectivity index (χ1v) is 6.44. The van der Waals surface area contributed by atoms with Crippen LogP contribution in [-0.2, 0) is 4.79 Å². The number of rotatable bonds is 1. The predicted octanol–water partition coefficient (Wildman–Crippen LogP) is 2.65. The maximum atomic E-state index is 12.4. The monoisotopic (exact) mass is 274 g/mol. The van der Waals surface area contributed by atoms with E-state index in [2.05, 4.69) is 4.98 Å². The summed E-state index contributed by atoms with van der Waals surface area (Å²) in [5.74, 6) is -0.412. The normalized spacial score (nSPS) is 15.2. The molecule has 0 N–H and O–H groups in total. The standard InChI is InChI=1S/C14H11ClN2O2/c15-12-8-10(9-4-1-2-5-11(9)16-12)14(19)17-7-3-6-13(17)18/h1-2,4-5,8H,3,6-7H2. The molecule has 0 spiro atoms. The molecule has 0 radical (unpaired) electrons. The summed E-state index contributed by atoms with van der Waals surface area (Å²) in [4.78, 5) is 29.6. The predicted molar refractivity (Wildman–Crippen MR) is 72.0 cm³/mol. The molecule has 1 aromatic carbocycles. The molecule has 2 heterocycles. The summed E-state index contributed by atoms with van der Waals surface area (Å²) in [6.07, 6.45) is 1.16. The Balaban J connectivity index is 2.14. The number of pyridine rings is 1. The molecule has 0 aliphatic carbocycles. The third-order valence-electron chi connectivity index (χ3n) is 3.23. The van der Waals surface area contributed by atoms with Crippen molar-refractivity contribution in [3.63, 3.8) is 0 Å². The Morgan fingerprint density at radius 2 is 2.11 bits per heavy atom. The zero-order valence-electron chi connectivity index (χ0n) is 10.1. The highest BCUT2D eigenvalue weighted by molar-refractivity contribution is 6.30. The number of carbonyl (C=O) groups excluding carboxylic acids is 2. The third kappa shape index (κ3) is 2.08. The van der Waals surface area contributed by atoms with Crippen LogP contribution in [0.5, 0.6) is 0 Å². The van der Waals surface area contributed by atoms with Crippen molar-refractivity contribution in [2.45, 2.75) is 12.8 Å². The number of nitrogens with zero attached hydrogens (tertiary/aromatic N) is 2. The fourth-order valence-electron chi connectivity index (χ4n) is 2.33. The highest BCUT2D eigenvalue weighted by Crippen LogP contribution is 2.24. The van der Waals surface area contributed by atoms with Crippen LogP contribution < -0.4 is 0 Å². The number of amides is 2. The number of benzene rings is 1. The fraction of sp³-hybridized carbons (Fsp3) is 0.214. The molecule has 2 amide bonds. The largest absolute Gasteiger partial charge is 0.278 e. The second-order valence-corrected chi connectivity index (χ2v) is 4.85. The molecule has 1 aliphatic rings. The first-order chi connectivity index (χ1) is 9.16. The number of aromatic nitrogens is 1. The quantitative estimate of drug-likeness (QED) is 0.593. The Hall–Kier alpha value is -1.94. The van der Waals surface area contributed by atoms with Gasteiger partial charge in [-0.15, -0.1) is 0 Å². The molecular formula is C14H11ClN2O2. The van der Waals surface area contributed by atoms with Crippen LogP contribution in [0.25, 0.3) is 10.9 Å². The van der Waals surface area contributed by atoms with Crippen LogP contribution in [0.3, 0.4) is 0 Å². The average Bonchev–Trinajstić information content (AvgIpc) is 2.83. The van der Waals surface area contributed by atoms with Crippen molar-refractivity contribution in [3.05, 3.63) is 41.0 Å². The molecule has 4 nitrogen and oxygen atoms in total. The Morgan fingerprint density at radius 1 is 1.32 bits per heavy atom. The lowest BCUT2D eigenvalue weighted by Gasteiger charge is -2.15. The van der Waals surface area contributed by atoms with Crippen molar-refractivity contribution >= 4 is 34.3 Å². The van der Waals surface area contributed by atoms with Gasteiger partial charge in [-0.1, -0.05) is 29.8 Å². The lowest BCUT2D eigenvalue weighted by molar-refractivity contribution is -0.125. The van der Waals surface area contributed by atoms with Crippen LogP contribution in [0.4, 0.5) is 0 Å². The molecule has 5 heteroatoms. The lowest BCUT2D eigenvalue weighted by atomic mass is 10.1. The maximum Gasteiger partial charge on any atom is 0.261 e. The van der Waals surface area contributed by atoms with Crippen LogP contribution in [0, 0.1) is 0 Å². The second kappa shape index (κ2) is 4.63. The van der Waals surface area contributed by atoms with E-state index in [0.717, 1.165) is 11.8 Å². The van der Waals surface area contributed by atoms with Gasteiger partial charge in [-0.05, 0) is 18.6 Å². The van der Waals surface area contributed by atoms with Crippen molar-refractivity contribution in [1.82, 2.24) is 9.88 Å². The smallest absolute Gasteiger partial charge is 0.261 e. The number of halogens is 1. The Bertz CT molecular complexity index is 684. The van der Waals surface area contributed by atoms with E-state index in [1.165, 1.54) is 11.0 Å². The lowest BCUT2D eigenvalue weighted by Crippen LogP contribution is -2.32. The fourth-order valence-corrected chi connectivity index (χ4v) is 2.53. The zero-order valence-corrected chi connectivity index (χ0v) is 10.9. The Labute approximate surface area is 115 Å². The van der Waals surface area contributed by atoms with Gasteiger partial charge in [0.15, 0.2) is 0 Å². The van der Waals surface area contributed by atoms with Crippen molar-refractivity contribution in [2.24, 2.45) is 0 Å². The first kappa shape index (κ1) is 12.1. The van der Waals surface area contributed by atoms with Gasteiger partial charge in [0.2, 0.25) is 5.91 Å². The van der Waals surface area contributed by atoms with Gasteiger partial charge in [0.1, 0.15) is 5.15 Å². The van der Waals surface area contributed by atoms with E-state index in [1.807, 2.05) is 18.2 Å². The van der Waals surface area contributed by atoms with Crippen LogP contribution in [0.2, 0.25) is 5.15 Å². The molecule has 19 heavy (non-hydrogen) atoms. The minimum absolute atomic E-state index is 0.123. The van der Waals surface area contributed by atoms with Gasteiger partial charge in [0.25, 0.3) is 5.91 Å². The highest BCUT2D eigenvalue weighted by atomic mass is 35.5. The van der Waals surface area contributed by atoms with Crippen molar-refractivity contribution in [1.29, 1.82) is 0 Å². The van der Waals surface area contributed by atoms with Gasteiger partial charge in [-0.25, -0.2) is 4.98 Å². The number of para-hydroxylation sites is 1. The summed E-state index contributed by atoms with van der Waals surface area (Å²) in [6.45, 7) is 0.478. The van der Waals surface area contributed by atoms with Crippen LogP contribution in [0.15, 0.2) is 30.3 Å². The summed E-state index contributed by atoms with van der Waals surface area (Å²) >= 11 is 5.94. The minimum atomic E-state index is -0.289. The number of carbonyl (C=O) groups is 2. The Morgan fingerprint density at radius 3 is 2.84 bits per heavy atom. The summed E-state index contributed by atoms with van der Waals surface area (Å²) in [7, 11) is 0. The number of hydrogen-bond donors (Lipinski definition) is 0. The van der Waals surface area contributed by atoms with Crippen LogP contribution >= 0.6 is 11.6 Å². The molecule has 0 unspecified atom stereocenters. The molecule has 0 saturated carbocycles. The van der Waals surface area contributed by atoms with Gasteiger partial charge in [-0.3, -0.25) is 14.5 Å². The van der Waals surface area contributed by atoms with E-state index < -0.39 is 0 Å². The van der Waals surface area contributed by atoms with Crippen LogP contribution in [-0.4, -0.2) is 28.2 Å². The molecule has 1 saturated heterocycles. The molecule has 0 bridgehead atoms. The summed E-state index contributed by atoms with van der Waals surface area (Å²) in [5.41, 5.74) is 1.09. The number of likely N-dealkylation sites (tertiary alicyclic amines) is 1. The molecule has 1 aromatic heterocycles. The van der Waals surface area contributed by atoms with Gasteiger partial charge in [0, 0.05) is 18.4 Å². The summed E-state index contributed by atoms with van der Waals surface area (Å²) < 4.78 is 0. The van der Waals surface area contributed by atoms with E-state index in [9.17, 15) is 9.59 Å². The molecule has 1 fully saturated rings. The molecular weight excluding hydrogens is 264 g/mol. The van der Waals surface area contributed by atoms with Gasteiger partial charge < -0.3 is 0 Å².